The van der Waals surface area contributed by atoms with Gasteiger partial charge in [-0.2, -0.15) is 0 Å². The van der Waals surface area contributed by atoms with Crippen LogP contribution in [0.2, 0.25) is 5.02 Å². The molecule has 4 aromatic rings. The molecule has 2 heterocycles. The molecule has 194 valence electrons. The SMILES string of the molecule is CC(C)CN(CC(C)C)c1cc(-c2cc(F)cc(-c3ccc(-n4ccn(C)c4=O)c(Cl)c3)c2O)ccn1. The fraction of sp³-hybridized carbons (Fsp3) is 0.310. The summed E-state index contributed by atoms with van der Waals surface area (Å²) >= 11 is 6.52. The summed E-state index contributed by atoms with van der Waals surface area (Å²) in [5.41, 5.74) is 2.14. The lowest BCUT2D eigenvalue weighted by molar-refractivity contribution is 0.477. The molecule has 0 atom stereocenters. The van der Waals surface area contributed by atoms with Crippen LogP contribution in [0, 0.1) is 17.7 Å². The van der Waals surface area contributed by atoms with Crippen LogP contribution in [0.4, 0.5) is 10.2 Å². The quantitative estimate of drug-likeness (QED) is 0.286. The zero-order valence-electron chi connectivity index (χ0n) is 21.7. The van der Waals surface area contributed by atoms with Crippen molar-refractivity contribution in [2.45, 2.75) is 27.7 Å². The maximum Gasteiger partial charge on any atom is 0.332 e. The van der Waals surface area contributed by atoms with Crippen LogP contribution in [-0.4, -0.2) is 32.3 Å². The van der Waals surface area contributed by atoms with Gasteiger partial charge < -0.3 is 14.6 Å². The highest BCUT2D eigenvalue weighted by Crippen LogP contribution is 2.41. The number of benzene rings is 2. The van der Waals surface area contributed by atoms with E-state index in [1.165, 1.54) is 21.3 Å². The summed E-state index contributed by atoms with van der Waals surface area (Å²) in [5.74, 6) is 1.13. The molecule has 8 heteroatoms. The predicted molar refractivity (Wildman–Crippen MR) is 148 cm³/mol. The number of halogens is 2. The number of hydrogen-bond acceptors (Lipinski definition) is 4. The molecule has 37 heavy (non-hydrogen) atoms. The Balaban J connectivity index is 1.76. The van der Waals surface area contributed by atoms with Crippen molar-refractivity contribution in [3.8, 4) is 33.7 Å². The molecule has 0 radical (unpaired) electrons. The first-order chi connectivity index (χ1) is 17.5. The van der Waals surface area contributed by atoms with Gasteiger partial charge in [0.05, 0.1) is 10.7 Å². The van der Waals surface area contributed by atoms with Gasteiger partial charge in [0.15, 0.2) is 0 Å². The summed E-state index contributed by atoms with van der Waals surface area (Å²) in [5, 5.41) is 11.6. The molecule has 0 saturated carbocycles. The number of nitrogens with zero attached hydrogens (tertiary/aromatic N) is 4. The maximum absolute atomic E-state index is 14.9. The van der Waals surface area contributed by atoms with Crippen LogP contribution in [0.15, 0.2) is 65.8 Å². The lowest BCUT2D eigenvalue weighted by Crippen LogP contribution is -2.31. The Morgan fingerprint density at radius 3 is 2.14 bits per heavy atom. The summed E-state index contributed by atoms with van der Waals surface area (Å²) in [4.78, 5) is 19.1. The second-order valence-electron chi connectivity index (χ2n) is 10.2. The molecule has 2 aromatic heterocycles. The lowest BCUT2D eigenvalue weighted by atomic mass is 9.97. The third-order valence-corrected chi connectivity index (χ3v) is 6.39. The van der Waals surface area contributed by atoms with E-state index in [4.69, 9.17) is 11.6 Å². The van der Waals surface area contributed by atoms with Crippen LogP contribution in [0.3, 0.4) is 0 Å². The number of pyridine rings is 1. The Labute approximate surface area is 221 Å². The Hall–Kier alpha value is -3.58. The van der Waals surface area contributed by atoms with Crippen LogP contribution in [-0.2, 0) is 7.05 Å². The number of aromatic hydroxyl groups is 1. The number of aromatic nitrogens is 3. The molecule has 1 N–H and O–H groups in total. The average molecular weight is 523 g/mol. The molecule has 0 aliphatic rings. The van der Waals surface area contributed by atoms with E-state index in [9.17, 15) is 14.3 Å². The molecule has 0 aliphatic carbocycles. The third kappa shape index (κ3) is 5.72. The van der Waals surface area contributed by atoms with Crippen molar-refractivity contribution >= 4 is 17.4 Å². The molecule has 0 saturated heterocycles. The van der Waals surface area contributed by atoms with Crippen molar-refractivity contribution < 1.29 is 9.50 Å². The van der Waals surface area contributed by atoms with Gasteiger partial charge in [-0.05, 0) is 59.4 Å². The maximum atomic E-state index is 14.9. The van der Waals surface area contributed by atoms with E-state index < -0.39 is 5.82 Å². The monoisotopic (exact) mass is 522 g/mol. The molecule has 0 unspecified atom stereocenters. The highest BCUT2D eigenvalue weighted by atomic mass is 35.5. The van der Waals surface area contributed by atoms with E-state index >= 15 is 0 Å². The van der Waals surface area contributed by atoms with E-state index in [1.54, 1.807) is 49.9 Å². The first-order valence-electron chi connectivity index (χ1n) is 12.3. The smallest absolute Gasteiger partial charge is 0.332 e. The van der Waals surface area contributed by atoms with Crippen LogP contribution in [0.5, 0.6) is 5.75 Å². The van der Waals surface area contributed by atoms with Gasteiger partial charge in [0.2, 0.25) is 0 Å². The number of phenols is 1. The van der Waals surface area contributed by atoms with Crippen molar-refractivity contribution in [2.24, 2.45) is 18.9 Å². The molecular formula is C29H32ClFN4O2. The van der Waals surface area contributed by atoms with Gasteiger partial charge >= 0.3 is 5.69 Å². The molecule has 0 fully saturated rings. The molecule has 0 amide bonds. The van der Waals surface area contributed by atoms with Crippen molar-refractivity contribution in [1.82, 2.24) is 14.1 Å². The lowest BCUT2D eigenvalue weighted by Gasteiger charge is -2.27. The molecule has 0 spiro atoms. The van der Waals surface area contributed by atoms with Gasteiger partial charge in [-0.1, -0.05) is 45.4 Å². The van der Waals surface area contributed by atoms with Gasteiger partial charge in [0.25, 0.3) is 0 Å². The Bertz CT molecular complexity index is 1470. The molecule has 0 bridgehead atoms. The summed E-state index contributed by atoms with van der Waals surface area (Å²) in [7, 11) is 1.66. The normalized spacial score (nSPS) is 11.5. The summed E-state index contributed by atoms with van der Waals surface area (Å²) in [6, 6.07) is 11.3. The number of anilines is 1. The summed E-state index contributed by atoms with van der Waals surface area (Å²) in [6.45, 7) is 10.3. The van der Waals surface area contributed by atoms with Gasteiger partial charge in [-0.15, -0.1) is 0 Å². The van der Waals surface area contributed by atoms with E-state index in [0.717, 1.165) is 18.9 Å². The zero-order valence-corrected chi connectivity index (χ0v) is 22.5. The zero-order chi connectivity index (χ0) is 26.9. The number of aryl methyl sites for hydroxylation is 1. The van der Waals surface area contributed by atoms with Crippen molar-refractivity contribution in [3.05, 3.63) is 82.4 Å². The third-order valence-electron chi connectivity index (χ3n) is 6.09. The number of phenolic OH excluding ortho intramolecular Hbond substituents is 1. The predicted octanol–water partition coefficient (Wildman–Crippen LogP) is 6.52. The Kier molecular flexibility index (Phi) is 7.73. The van der Waals surface area contributed by atoms with Crippen molar-refractivity contribution in [3.63, 3.8) is 0 Å². The standard InChI is InChI=1S/C29H32ClFN4O2/c1-18(2)16-34(17-19(3)4)27-13-21(8-9-32-27)24-15-22(31)14-23(28(24)36)20-6-7-26(25(30)12-20)35-11-10-33(5)29(35)37/h6-15,18-19,36H,16-17H2,1-5H3. The Morgan fingerprint density at radius 1 is 0.973 bits per heavy atom. The molecule has 6 nitrogen and oxygen atoms in total. The van der Waals surface area contributed by atoms with Crippen LogP contribution < -0.4 is 10.6 Å². The number of rotatable bonds is 8. The van der Waals surface area contributed by atoms with Crippen LogP contribution in [0.1, 0.15) is 27.7 Å². The first-order valence-corrected chi connectivity index (χ1v) is 12.7. The molecular weight excluding hydrogens is 491 g/mol. The Morgan fingerprint density at radius 2 is 1.59 bits per heavy atom. The minimum absolute atomic E-state index is 0.0569. The van der Waals surface area contributed by atoms with Gasteiger partial charge in [-0.3, -0.25) is 4.57 Å². The van der Waals surface area contributed by atoms with E-state index in [2.05, 4.69) is 37.6 Å². The van der Waals surface area contributed by atoms with E-state index in [-0.39, 0.29) is 11.4 Å². The summed E-state index contributed by atoms with van der Waals surface area (Å²) in [6.07, 6.45) is 4.96. The van der Waals surface area contributed by atoms with Crippen LogP contribution >= 0.6 is 11.6 Å². The molecule has 0 aliphatic heterocycles. The molecule has 4 rings (SSSR count). The second kappa shape index (κ2) is 10.8. The minimum atomic E-state index is -0.484. The second-order valence-corrected chi connectivity index (χ2v) is 10.6. The first kappa shape index (κ1) is 26.5. The average Bonchev–Trinajstić information content (AvgIpc) is 3.17. The number of hydrogen-bond donors (Lipinski definition) is 1. The van der Waals surface area contributed by atoms with E-state index in [0.29, 0.717) is 44.8 Å². The van der Waals surface area contributed by atoms with Crippen molar-refractivity contribution in [1.29, 1.82) is 0 Å². The fourth-order valence-electron chi connectivity index (χ4n) is 4.46. The number of imidazole rings is 1. The highest BCUT2D eigenvalue weighted by molar-refractivity contribution is 6.32. The molecule has 2 aromatic carbocycles. The van der Waals surface area contributed by atoms with Gasteiger partial charge in [0.1, 0.15) is 17.4 Å². The summed E-state index contributed by atoms with van der Waals surface area (Å²) < 4.78 is 17.7. The largest absolute Gasteiger partial charge is 0.507 e. The van der Waals surface area contributed by atoms with Crippen LogP contribution in [0.25, 0.3) is 27.9 Å². The minimum Gasteiger partial charge on any atom is -0.507 e. The highest BCUT2D eigenvalue weighted by Gasteiger charge is 2.18. The fourth-order valence-corrected chi connectivity index (χ4v) is 4.73. The van der Waals surface area contributed by atoms with Gasteiger partial charge in [0, 0.05) is 49.9 Å². The topological polar surface area (TPSA) is 63.3 Å². The van der Waals surface area contributed by atoms with Crippen molar-refractivity contribution in [2.75, 3.05) is 18.0 Å². The van der Waals surface area contributed by atoms with Gasteiger partial charge in [-0.25, -0.2) is 14.2 Å². The van der Waals surface area contributed by atoms with E-state index in [1.807, 2.05) is 6.07 Å².